The minimum Gasteiger partial charge on any atom is -0.466 e. The number of hydrogen-bond donors (Lipinski definition) is 0. The molecule has 1 aliphatic rings. The molecule has 2 aromatic rings. The molecule has 6 heteroatoms. The monoisotopic (exact) mass is 403 g/mol. The van der Waals surface area contributed by atoms with Gasteiger partial charge < -0.3 is 4.74 Å². The fourth-order valence-electron chi connectivity index (χ4n) is 3.39. The number of hydrogen-bond acceptors (Lipinski definition) is 4. The van der Waals surface area contributed by atoms with Gasteiger partial charge in [0.1, 0.15) is 0 Å². The highest BCUT2D eigenvalue weighted by molar-refractivity contribution is 7.89. The van der Waals surface area contributed by atoms with Crippen LogP contribution >= 0.6 is 0 Å². The summed E-state index contributed by atoms with van der Waals surface area (Å²) < 4.78 is 33.1. The first-order valence-electron chi connectivity index (χ1n) is 9.82. The summed E-state index contributed by atoms with van der Waals surface area (Å²) >= 11 is 0. The summed E-state index contributed by atoms with van der Waals surface area (Å²) in [4.78, 5) is 12.4. The maximum atomic E-state index is 13.3. The van der Waals surface area contributed by atoms with Crippen LogP contribution in [0.1, 0.15) is 45.2 Å². The van der Waals surface area contributed by atoms with Gasteiger partial charge in [-0.2, -0.15) is 4.31 Å². The quantitative estimate of drug-likeness (QED) is 0.694. The number of benzene rings is 2. The highest BCUT2D eigenvalue weighted by atomic mass is 32.2. The van der Waals surface area contributed by atoms with Crippen molar-refractivity contribution >= 4 is 16.0 Å². The molecule has 0 N–H and O–H groups in total. The van der Waals surface area contributed by atoms with Crippen LogP contribution < -0.4 is 0 Å². The Morgan fingerprint density at radius 1 is 1.00 bits per heavy atom. The normalized spacial score (nSPS) is 20.0. The molecule has 0 aromatic heterocycles. The number of piperidine rings is 1. The third-order valence-electron chi connectivity index (χ3n) is 4.69. The van der Waals surface area contributed by atoms with E-state index in [4.69, 9.17) is 4.74 Å². The van der Waals surface area contributed by atoms with E-state index in [9.17, 15) is 13.2 Å². The second-order valence-corrected chi connectivity index (χ2v) is 8.23. The van der Waals surface area contributed by atoms with E-state index in [-0.39, 0.29) is 23.5 Å². The zero-order valence-electron chi connectivity index (χ0n) is 16.7. The SMILES string of the molecule is CC.CCOC(=O)C1CCC(c2ccccc2)N(S(=O)(=O)c2ccccc2)C1. The first kappa shape index (κ1) is 22.1. The van der Waals surface area contributed by atoms with E-state index < -0.39 is 15.9 Å². The van der Waals surface area contributed by atoms with Crippen LogP contribution in [0.5, 0.6) is 0 Å². The van der Waals surface area contributed by atoms with Gasteiger partial charge in [-0.3, -0.25) is 4.79 Å². The predicted molar refractivity (Wildman–Crippen MR) is 110 cm³/mol. The Kier molecular flexibility index (Phi) is 8.20. The van der Waals surface area contributed by atoms with Crippen molar-refractivity contribution in [1.82, 2.24) is 4.31 Å². The van der Waals surface area contributed by atoms with Crippen LogP contribution in [-0.2, 0) is 19.6 Å². The van der Waals surface area contributed by atoms with E-state index >= 15 is 0 Å². The molecular weight excluding hydrogens is 374 g/mol. The molecule has 0 radical (unpaired) electrons. The topological polar surface area (TPSA) is 63.7 Å². The lowest BCUT2D eigenvalue weighted by atomic mass is 9.91. The van der Waals surface area contributed by atoms with E-state index in [1.807, 2.05) is 44.2 Å². The third kappa shape index (κ3) is 5.00. The van der Waals surface area contributed by atoms with E-state index in [2.05, 4.69) is 0 Å². The summed E-state index contributed by atoms with van der Waals surface area (Å²) in [6.07, 6.45) is 1.19. The number of nitrogens with zero attached hydrogens (tertiary/aromatic N) is 1. The van der Waals surface area contributed by atoms with Crippen molar-refractivity contribution in [3.05, 3.63) is 66.2 Å². The number of esters is 1. The van der Waals surface area contributed by atoms with E-state index in [0.29, 0.717) is 19.4 Å². The fraction of sp³-hybridized carbons (Fsp3) is 0.409. The molecule has 0 amide bonds. The summed E-state index contributed by atoms with van der Waals surface area (Å²) in [5, 5.41) is 0. The Morgan fingerprint density at radius 3 is 2.14 bits per heavy atom. The van der Waals surface area contributed by atoms with Gasteiger partial charge in [0.15, 0.2) is 0 Å². The summed E-state index contributed by atoms with van der Waals surface area (Å²) in [7, 11) is -3.72. The van der Waals surface area contributed by atoms with E-state index in [1.165, 1.54) is 4.31 Å². The fourth-order valence-corrected chi connectivity index (χ4v) is 5.10. The van der Waals surface area contributed by atoms with Crippen LogP contribution in [0.3, 0.4) is 0 Å². The van der Waals surface area contributed by atoms with Gasteiger partial charge in [-0.25, -0.2) is 8.42 Å². The van der Waals surface area contributed by atoms with Crippen LogP contribution in [0, 0.1) is 5.92 Å². The smallest absolute Gasteiger partial charge is 0.310 e. The number of carbonyl (C=O) groups is 1. The maximum Gasteiger partial charge on any atom is 0.310 e. The zero-order valence-corrected chi connectivity index (χ0v) is 17.6. The highest BCUT2D eigenvalue weighted by Gasteiger charge is 2.40. The number of rotatable bonds is 5. The summed E-state index contributed by atoms with van der Waals surface area (Å²) in [6, 6.07) is 17.7. The first-order valence-corrected chi connectivity index (χ1v) is 11.3. The summed E-state index contributed by atoms with van der Waals surface area (Å²) in [5.41, 5.74) is 0.939. The molecule has 2 aromatic carbocycles. The Hall–Kier alpha value is -2.18. The van der Waals surface area contributed by atoms with Gasteiger partial charge in [0.05, 0.1) is 23.5 Å². The molecule has 0 bridgehead atoms. The zero-order chi connectivity index (χ0) is 20.6. The molecule has 1 aliphatic heterocycles. The van der Waals surface area contributed by atoms with Crippen LogP contribution in [0.2, 0.25) is 0 Å². The Morgan fingerprint density at radius 2 is 1.57 bits per heavy atom. The van der Waals surface area contributed by atoms with Crippen LogP contribution in [0.25, 0.3) is 0 Å². The Balaban J connectivity index is 0.00000136. The van der Waals surface area contributed by atoms with Crippen molar-refractivity contribution in [3.8, 4) is 0 Å². The molecule has 2 atom stereocenters. The predicted octanol–water partition coefficient (Wildman–Crippen LogP) is 4.42. The lowest BCUT2D eigenvalue weighted by molar-refractivity contribution is -0.149. The summed E-state index contributed by atoms with van der Waals surface area (Å²) in [5.74, 6) is -0.763. The molecule has 0 aliphatic carbocycles. The van der Waals surface area contributed by atoms with Gasteiger partial charge in [0.25, 0.3) is 0 Å². The standard InChI is InChI=1S/C20H23NO4S.C2H6/c1-2-25-20(22)17-13-14-19(16-9-5-3-6-10-16)21(15-17)26(23,24)18-11-7-4-8-12-18;1-2/h3-12,17,19H,2,13-15H2,1H3;1-2H3. The van der Waals surface area contributed by atoms with Gasteiger partial charge in [-0.05, 0) is 37.5 Å². The van der Waals surface area contributed by atoms with Crippen LogP contribution in [0.15, 0.2) is 65.6 Å². The maximum absolute atomic E-state index is 13.3. The molecule has 3 rings (SSSR count). The van der Waals surface area contributed by atoms with Crippen LogP contribution in [0.4, 0.5) is 0 Å². The van der Waals surface area contributed by atoms with Crippen molar-refractivity contribution in [2.45, 2.75) is 44.6 Å². The average molecular weight is 404 g/mol. The lowest BCUT2D eigenvalue weighted by Crippen LogP contribution is -2.44. The minimum absolute atomic E-state index is 0.135. The molecule has 0 saturated carbocycles. The largest absolute Gasteiger partial charge is 0.466 e. The average Bonchev–Trinajstić information content (AvgIpc) is 2.76. The third-order valence-corrected chi connectivity index (χ3v) is 6.58. The van der Waals surface area contributed by atoms with Crippen molar-refractivity contribution in [2.75, 3.05) is 13.2 Å². The molecule has 1 heterocycles. The van der Waals surface area contributed by atoms with Gasteiger partial charge >= 0.3 is 5.97 Å². The Labute approximate surface area is 168 Å². The minimum atomic E-state index is -3.72. The summed E-state index contributed by atoms with van der Waals surface area (Å²) in [6.45, 7) is 6.19. The molecule has 28 heavy (non-hydrogen) atoms. The molecule has 1 saturated heterocycles. The second-order valence-electron chi connectivity index (χ2n) is 6.34. The number of ether oxygens (including phenoxy) is 1. The van der Waals surface area contributed by atoms with E-state index in [0.717, 1.165) is 5.56 Å². The second kappa shape index (κ2) is 10.4. The van der Waals surface area contributed by atoms with Crippen LogP contribution in [-0.4, -0.2) is 31.8 Å². The highest BCUT2D eigenvalue weighted by Crippen LogP contribution is 2.37. The number of sulfonamides is 1. The molecule has 152 valence electrons. The van der Waals surface area contributed by atoms with Gasteiger partial charge in [0, 0.05) is 6.54 Å². The van der Waals surface area contributed by atoms with Crippen molar-refractivity contribution < 1.29 is 17.9 Å². The van der Waals surface area contributed by atoms with E-state index in [1.54, 1.807) is 37.3 Å². The molecule has 1 fully saturated rings. The van der Waals surface area contributed by atoms with Gasteiger partial charge in [-0.1, -0.05) is 62.4 Å². The molecular formula is C22H29NO4S. The first-order chi connectivity index (χ1) is 13.5. The lowest BCUT2D eigenvalue weighted by Gasteiger charge is -2.38. The number of carbonyl (C=O) groups excluding carboxylic acids is 1. The Bertz CT molecular complexity index is 837. The van der Waals surface area contributed by atoms with Gasteiger partial charge in [-0.15, -0.1) is 0 Å². The molecule has 0 spiro atoms. The van der Waals surface area contributed by atoms with Gasteiger partial charge in [0.2, 0.25) is 10.0 Å². The van der Waals surface area contributed by atoms with Crippen molar-refractivity contribution in [1.29, 1.82) is 0 Å². The van der Waals surface area contributed by atoms with Crippen molar-refractivity contribution in [2.24, 2.45) is 5.92 Å². The van der Waals surface area contributed by atoms with Crippen molar-refractivity contribution in [3.63, 3.8) is 0 Å². The molecule has 2 unspecified atom stereocenters. The molecule has 5 nitrogen and oxygen atoms in total.